The zero-order chi connectivity index (χ0) is 20.0. The average Bonchev–Trinajstić information content (AvgIpc) is 3.41. The van der Waals surface area contributed by atoms with Gasteiger partial charge in [0.25, 0.3) is 17.3 Å². The molecule has 1 aromatic carbocycles. The highest BCUT2D eigenvalue weighted by Gasteiger charge is 2.30. The van der Waals surface area contributed by atoms with Crippen molar-refractivity contribution in [2.45, 2.75) is 38.5 Å². The number of amides is 1. The van der Waals surface area contributed by atoms with Crippen LogP contribution in [0.1, 0.15) is 60.3 Å². The zero-order valence-corrected chi connectivity index (χ0v) is 15.2. The Kier molecular flexibility index (Phi) is 4.29. The summed E-state index contributed by atoms with van der Waals surface area (Å²) < 4.78 is 19.4. The van der Waals surface area contributed by atoms with Crippen LogP contribution in [0.2, 0.25) is 0 Å². The monoisotopic (exact) mass is 384 g/mol. The Morgan fingerprint density at radius 3 is 2.75 bits per heavy atom. The fourth-order valence-corrected chi connectivity index (χ4v) is 3.07. The fourth-order valence-electron chi connectivity index (χ4n) is 3.07. The molecule has 8 nitrogen and oxygen atoms in total. The van der Waals surface area contributed by atoms with Crippen LogP contribution in [0.25, 0.3) is 11.1 Å². The zero-order valence-electron chi connectivity index (χ0n) is 15.2. The van der Waals surface area contributed by atoms with Crippen molar-refractivity contribution < 1.29 is 18.6 Å². The first kappa shape index (κ1) is 18.0. The van der Waals surface area contributed by atoms with Crippen molar-refractivity contribution in [3.63, 3.8) is 0 Å². The van der Waals surface area contributed by atoms with E-state index in [4.69, 9.17) is 4.52 Å². The highest BCUT2D eigenvalue weighted by molar-refractivity contribution is 6.12. The molecule has 0 atom stereocenters. The van der Waals surface area contributed by atoms with E-state index >= 15 is 0 Å². The van der Waals surface area contributed by atoms with Crippen LogP contribution in [0.3, 0.4) is 0 Å². The van der Waals surface area contributed by atoms with Gasteiger partial charge in [-0.15, -0.1) is 0 Å². The lowest BCUT2D eigenvalue weighted by Gasteiger charge is -2.10. The average molecular weight is 384 g/mol. The lowest BCUT2D eigenvalue weighted by atomic mass is 10.0. The number of halogens is 1. The van der Waals surface area contributed by atoms with E-state index in [-0.39, 0.29) is 34.5 Å². The van der Waals surface area contributed by atoms with Crippen LogP contribution < -0.4 is 5.32 Å². The van der Waals surface area contributed by atoms with Gasteiger partial charge in [-0.1, -0.05) is 19.0 Å². The predicted molar refractivity (Wildman–Crippen MR) is 98.9 cm³/mol. The molecule has 1 fully saturated rings. The number of hydrogen-bond acceptors (Lipinski definition) is 6. The van der Waals surface area contributed by atoms with E-state index < -0.39 is 16.6 Å². The largest absolute Gasteiger partial charge is 0.335 e. The van der Waals surface area contributed by atoms with E-state index in [9.17, 15) is 19.3 Å². The molecule has 3 aromatic rings. The lowest BCUT2D eigenvalue weighted by Crippen LogP contribution is -2.15. The molecule has 1 saturated carbocycles. The maximum absolute atomic E-state index is 14.1. The van der Waals surface area contributed by atoms with Gasteiger partial charge in [0, 0.05) is 23.7 Å². The first-order valence-corrected chi connectivity index (χ1v) is 8.90. The summed E-state index contributed by atoms with van der Waals surface area (Å²) in [5.41, 5.74) is 1.25. The van der Waals surface area contributed by atoms with Crippen LogP contribution in [-0.2, 0) is 0 Å². The minimum absolute atomic E-state index is 0.0177. The van der Waals surface area contributed by atoms with Gasteiger partial charge in [0.1, 0.15) is 5.82 Å². The summed E-state index contributed by atoms with van der Waals surface area (Å²) in [5.74, 6) is -1.12. The molecule has 9 heteroatoms. The first-order valence-electron chi connectivity index (χ1n) is 8.90. The third kappa shape index (κ3) is 3.19. The molecule has 1 amide bonds. The van der Waals surface area contributed by atoms with E-state index in [1.807, 2.05) is 13.8 Å². The number of nitro groups is 1. The van der Waals surface area contributed by atoms with Crippen molar-refractivity contribution in [2.24, 2.45) is 0 Å². The highest BCUT2D eigenvalue weighted by Crippen LogP contribution is 2.41. The van der Waals surface area contributed by atoms with Crippen molar-refractivity contribution in [2.75, 3.05) is 5.32 Å². The second-order valence-electron chi connectivity index (χ2n) is 7.15. The standard InChI is InChI=1S/C19H17FN4O4/c1-9(2)17-16-12(8-14(10-3-4-10)22-19(16)28-23-17)18(25)21-15-7-11(24(26)27)5-6-13(15)20/h5-10H,3-4H2,1-2H3,(H,21,25). The Morgan fingerprint density at radius 1 is 1.36 bits per heavy atom. The van der Waals surface area contributed by atoms with E-state index in [1.165, 1.54) is 0 Å². The van der Waals surface area contributed by atoms with Gasteiger partial charge in [-0.3, -0.25) is 14.9 Å². The summed E-state index contributed by atoms with van der Waals surface area (Å²) in [5, 5.41) is 17.9. The van der Waals surface area contributed by atoms with Crippen molar-refractivity contribution in [1.29, 1.82) is 0 Å². The summed E-state index contributed by atoms with van der Waals surface area (Å²) in [6, 6.07) is 4.65. The predicted octanol–water partition coefficient (Wildman–Crippen LogP) is 4.52. The summed E-state index contributed by atoms with van der Waals surface area (Å²) >= 11 is 0. The van der Waals surface area contributed by atoms with Gasteiger partial charge in [0.15, 0.2) is 0 Å². The van der Waals surface area contributed by atoms with E-state index in [0.717, 1.165) is 36.7 Å². The minimum atomic E-state index is -0.763. The molecule has 1 aliphatic rings. The number of carbonyl (C=O) groups is 1. The van der Waals surface area contributed by atoms with E-state index in [2.05, 4.69) is 15.5 Å². The number of nitrogens with zero attached hydrogens (tertiary/aromatic N) is 3. The molecule has 4 rings (SSSR count). The number of pyridine rings is 1. The quantitative estimate of drug-likeness (QED) is 0.511. The molecule has 0 aliphatic heterocycles. The highest BCUT2D eigenvalue weighted by atomic mass is 19.1. The Labute approximate surface area is 158 Å². The summed E-state index contributed by atoms with van der Waals surface area (Å²) in [6.45, 7) is 3.82. The van der Waals surface area contributed by atoms with Crippen LogP contribution in [0.4, 0.5) is 15.8 Å². The third-order valence-corrected chi connectivity index (χ3v) is 4.69. The summed E-state index contributed by atoms with van der Waals surface area (Å²) in [6.07, 6.45) is 1.95. The molecular weight excluding hydrogens is 367 g/mol. The molecule has 2 heterocycles. The Hall–Kier alpha value is -3.36. The number of anilines is 1. The topological polar surface area (TPSA) is 111 Å². The molecule has 144 valence electrons. The third-order valence-electron chi connectivity index (χ3n) is 4.69. The fraction of sp³-hybridized carbons (Fsp3) is 0.316. The number of nitrogens with one attached hydrogen (secondary N) is 1. The molecule has 0 spiro atoms. The molecule has 0 unspecified atom stereocenters. The van der Waals surface area contributed by atoms with Gasteiger partial charge >= 0.3 is 0 Å². The van der Waals surface area contributed by atoms with Gasteiger partial charge in [0.05, 0.1) is 27.3 Å². The molecule has 28 heavy (non-hydrogen) atoms. The van der Waals surface area contributed by atoms with Crippen molar-refractivity contribution >= 4 is 28.4 Å². The molecule has 2 aromatic heterocycles. The maximum Gasteiger partial charge on any atom is 0.271 e. The van der Waals surface area contributed by atoms with Crippen LogP contribution in [0.15, 0.2) is 28.8 Å². The van der Waals surface area contributed by atoms with Crippen molar-refractivity contribution in [1.82, 2.24) is 10.1 Å². The molecule has 0 saturated heterocycles. The van der Waals surface area contributed by atoms with Gasteiger partial charge in [0.2, 0.25) is 0 Å². The number of benzene rings is 1. The number of non-ortho nitro benzene ring substituents is 1. The van der Waals surface area contributed by atoms with E-state index in [1.54, 1.807) is 6.07 Å². The Balaban J connectivity index is 1.79. The summed E-state index contributed by atoms with van der Waals surface area (Å²) in [4.78, 5) is 27.8. The number of aromatic nitrogens is 2. The van der Waals surface area contributed by atoms with Gasteiger partial charge < -0.3 is 9.84 Å². The Morgan fingerprint density at radius 2 is 2.11 bits per heavy atom. The molecule has 1 N–H and O–H groups in total. The van der Waals surface area contributed by atoms with E-state index in [0.29, 0.717) is 11.1 Å². The lowest BCUT2D eigenvalue weighted by molar-refractivity contribution is -0.384. The minimum Gasteiger partial charge on any atom is -0.335 e. The second-order valence-corrected chi connectivity index (χ2v) is 7.15. The molecular formula is C19H17FN4O4. The van der Waals surface area contributed by atoms with Crippen LogP contribution in [-0.4, -0.2) is 21.0 Å². The summed E-state index contributed by atoms with van der Waals surface area (Å²) in [7, 11) is 0. The SMILES string of the molecule is CC(C)c1noc2nc(C3CC3)cc(C(=O)Nc3cc([N+](=O)[O-])ccc3F)c12. The first-order chi connectivity index (χ1) is 13.3. The normalized spacial score (nSPS) is 13.9. The molecule has 1 aliphatic carbocycles. The van der Waals surface area contributed by atoms with Gasteiger partial charge in [-0.05, 0) is 30.9 Å². The van der Waals surface area contributed by atoms with Crippen molar-refractivity contribution in [3.8, 4) is 0 Å². The van der Waals surface area contributed by atoms with Gasteiger partial charge in [-0.25, -0.2) is 9.37 Å². The maximum atomic E-state index is 14.1. The number of rotatable bonds is 5. The van der Waals surface area contributed by atoms with Crippen LogP contribution in [0.5, 0.6) is 0 Å². The van der Waals surface area contributed by atoms with Crippen LogP contribution >= 0.6 is 0 Å². The van der Waals surface area contributed by atoms with Crippen LogP contribution in [0, 0.1) is 15.9 Å². The number of carbonyl (C=O) groups excluding carboxylic acids is 1. The number of nitro benzene ring substituents is 1. The van der Waals surface area contributed by atoms with Gasteiger partial charge in [-0.2, -0.15) is 0 Å². The molecule has 0 radical (unpaired) electrons. The number of hydrogen-bond donors (Lipinski definition) is 1. The smallest absolute Gasteiger partial charge is 0.271 e. The Bertz CT molecular complexity index is 1100. The van der Waals surface area contributed by atoms with Crippen molar-refractivity contribution in [3.05, 3.63) is 57.1 Å². The number of fused-ring (bicyclic) bond motifs is 1. The second kappa shape index (κ2) is 6.66. The molecule has 0 bridgehead atoms.